The van der Waals surface area contributed by atoms with Gasteiger partial charge in [0.2, 0.25) is 0 Å². The summed E-state index contributed by atoms with van der Waals surface area (Å²) < 4.78 is 0. The molecule has 1 aromatic heterocycles. The second kappa shape index (κ2) is 6.98. The normalized spacial score (nSPS) is 22.3. The summed E-state index contributed by atoms with van der Waals surface area (Å²) in [5, 5.41) is 4.74. The van der Waals surface area contributed by atoms with Crippen LogP contribution in [0.15, 0.2) is 36.4 Å². The van der Waals surface area contributed by atoms with Crippen molar-refractivity contribution in [3.8, 4) is 0 Å². The number of hydrogen-bond acceptors (Lipinski definition) is 3. The van der Waals surface area contributed by atoms with E-state index in [9.17, 15) is 0 Å². The summed E-state index contributed by atoms with van der Waals surface area (Å²) in [6.45, 7) is 4.51. The lowest BCUT2D eigenvalue weighted by molar-refractivity contribution is 0.101. The first kappa shape index (κ1) is 15.1. The monoisotopic (exact) mass is 309 g/mol. The number of rotatable bonds is 3. The van der Waals surface area contributed by atoms with Crippen molar-refractivity contribution in [3.05, 3.63) is 42.1 Å². The molecule has 3 heteroatoms. The average Bonchev–Trinajstić information content (AvgIpc) is 2.64. The Bertz CT molecular complexity index is 624. The first-order valence-corrected chi connectivity index (χ1v) is 9.22. The van der Waals surface area contributed by atoms with E-state index in [1.165, 1.54) is 43.2 Å². The Morgan fingerprint density at radius 1 is 0.957 bits per heavy atom. The van der Waals surface area contributed by atoms with E-state index in [1.807, 2.05) is 0 Å². The molecule has 0 unspecified atom stereocenters. The zero-order chi connectivity index (χ0) is 15.5. The number of aromatic nitrogens is 1. The average molecular weight is 309 g/mol. The zero-order valence-corrected chi connectivity index (χ0v) is 13.9. The second-order valence-corrected chi connectivity index (χ2v) is 7.06. The van der Waals surface area contributed by atoms with Crippen LogP contribution in [0, 0.1) is 5.92 Å². The van der Waals surface area contributed by atoms with Crippen molar-refractivity contribution in [2.75, 3.05) is 26.2 Å². The number of piperazine rings is 1. The third-order valence-electron chi connectivity index (χ3n) is 5.56. The van der Waals surface area contributed by atoms with E-state index in [0.29, 0.717) is 6.04 Å². The van der Waals surface area contributed by atoms with Gasteiger partial charge < -0.3 is 5.32 Å². The van der Waals surface area contributed by atoms with Crippen molar-refractivity contribution in [2.45, 2.75) is 38.1 Å². The predicted octanol–water partition coefficient (Wildman–Crippen LogP) is 3.76. The highest BCUT2D eigenvalue weighted by molar-refractivity contribution is 5.78. The molecule has 0 bridgehead atoms. The second-order valence-electron chi connectivity index (χ2n) is 7.06. The van der Waals surface area contributed by atoms with Crippen LogP contribution in [0.3, 0.4) is 0 Å². The molecule has 1 aliphatic heterocycles. The molecule has 0 radical (unpaired) electrons. The SMILES string of the molecule is c1ccc2nc([C@@H](C3CCCCC3)N3CCNCC3)ccc2c1. The number of pyridine rings is 1. The Hall–Kier alpha value is -1.45. The van der Waals surface area contributed by atoms with Crippen LogP contribution in [0.2, 0.25) is 0 Å². The molecule has 23 heavy (non-hydrogen) atoms. The molecule has 1 aromatic carbocycles. The number of hydrogen-bond donors (Lipinski definition) is 1. The minimum absolute atomic E-state index is 0.502. The summed E-state index contributed by atoms with van der Waals surface area (Å²) in [5.74, 6) is 0.774. The van der Waals surface area contributed by atoms with Crippen LogP contribution in [0.5, 0.6) is 0 Å². The number of nitrogens with zero attached hydrogens (tertiary/aromatic N) is 2. The Kier molecular flexibility index (Phi) is 4.58. The summed E-state index contributed by atoms with van der Waals surface area (Å²) in [4.78, 5) is 7.75. The Morgan fingerprint density at radius 3 is 2.57 bits per heavy atom. The summed E-state index contributed by atoms with van der Waals surface area (Å²) in [6, 6.07) is 13.5. The lowest BCUT2D eigenvalue weighted by atomic mass is 9.81. The molecule has 3 nitrogen and oxygen atoms in total. The van der Waals surface area contributed by atoms with Crippen LogP contribution in [0.25, 0.3) is 10.9 Å². The van der Waals surface area contributed by atoms with Crippen molar-refractivity contribution in [3.63, 3.8) is 0 Å². The molecule has 2 heterocycles. The molecule has 4 rings (SSSR count). The highest BCUT2D eigenvalue weighted by atomic mass is 15.2. The number of para-hydroxylation sites is 1. The van der Waals surface area contributed by atoms with Gasteiger partial charge in [0, 0.05) is 31.6 Å². The fourth-order valence-corrected chi connectivity index (χ4v) is 4.38. The van der Waals surface area contributed by atoms with Crippen molar-refractivity contribution >= 4 is 10.9 Å². The van der Waals surface area contributed by atoms with Crippen LogP contribution >= 0.6 is 0 Å². The smallest absolute Gasteiger partial charge is 0.0706 e. The number of benzene rings is 1. The lowest BCUT2D eigenvalue weighted by Gasteiger charge is -2.40. The van der Waals surface area contributed by atoms with E-state index in [1.54, 1.807) is 0 Å². The molecule has 2 aliphatic rings. The van der Waals surface area contributed by atoms with Crippen molar-refractivity contribution in [1.82, 2.24) is 15.2 Å². The van der Waals surface area contributed by atoms with Gasteiger partial charge in [0.1, 0.15) is 0 Å². The summed E-state index contributed by atoms with van der Waals surface area (Å²) in [6.07, 6.45) is 6.92. The molecule has 1 N–H and O–H groups in total. The maximum atomic E-state index is 5.06. The van der Waals surface area contributed by atoms with E-state index in [-0.39, 0.29) is 0 Å². The van der Waals surface area contributed by atoms with Crippen LogP contribution in [-0.2, 0) is 0 Å². The highest BCUT2D eigenvalue weighted by Gasteiger charge is 2.31. The molecule has 2 aromatic rings. The molecule has 1 aliphatic carbocycles. The quantitative estimate of drug-likeness (QED) is 0.935. The maximum absolute atomic E-state index is 5.06. The van der Waals surface area contributed by atoms with Gasteiger partial charge >= 0.3 is 0 Å². The summed E-state index contributed by atoms with van der Waals surface area (Å²) in [7, 11) is 0. The van der Waals surface area contributed by atoms with Crippen molar-refractivity contribution in [2.24, 2.45) is 5.92 Å². The molecular formula is C20H27N3. The fourth-order valence-electron chi connectivity index (χ4n) is 4.38. The number of nitrogens with one attached hydrogen (secondary N) is 1. The zero-order valence-electron chi connectivity index (χ0n) is 13.9. The van der Waals surface area contributed by atoms with Gasteiger partial charge in [-0.2, -0.15) is 0 Å². The lowest BCUT2D eigenvalue weighted by Crippen LogP contribution is -2.47. The van der Waals surface area contributed by atoms with E-state index in [0.717, 1.165) is 37.6 Å². The Morgan fingerprint density at radius 2 is 1.74 bits per heavy atom. The van der Waals surface area contributed by atoms with Gasteiger partial charge in [0.05, 0.1) is 17.3 Å². The topological polar surface area (TPSA) is 28.2 Å². The largest absolute Gasteiger partial charge is 0.314 e. The minimum atomic E-state index is 0.502. The van der Waals surface area contributed by atoms with E-state index in [2.05, 4.69) is 46.6 Å². The standard InChI is InChI=1S/C20H27N3/c1-2-7-17(8-3-1)20(23-14-12-21-13-15-23)19-11-10-16-6-4-5-9-18(16)22-19/h4-6,9-11,17,20-21H,1-3,7-8,12-15H2/t20-/m1/s1. The Labute approximate surface area is 139 Å². The molecule has 122 valence electrons. The van der Waals surface area contributed by atoms with Gasteiger partial charge in [-0.25, -0.2) is 0 Å². The van der Waals surface area contributed by atoms with Gasteiger partial charge in [0.25, 0.3) is 0 Å². The van der Waals surface area contributed by atoms with Gasteiger partial charge in [-0.3, -0.25) is 9.88 Å². The van der Waals surface area contributed by atoms with Crippen LogP contribution in [-0.4, -0.2) is 36.1 Å². The van der Waals surface area contributed by atoms with E-state index in [4.69, 9.17) is 4.98 Å². The molecule has 1 saturated heterocycles. The summed E-state index contributed by atoms with van der Waals surface area (Å²) in [5.41, 5.74) is 2.43. The molecule has 2 fully saturated rings. The van der Waals surface area contributed by atoms with Gasteiger partial charge in [-0.1, -0.05) is 43.5 Å². The fraction of sp³-hybridized carbons (Fsp3) is 0.550. The van der Waals surface area contributed by atoms with Crippen molar-refractivity contribution in [1.29, 1.82) is 0 Å². The number of fused-ring (bicyclic) bond motifs is 1. The van der Waals surface area contributed by atoms with Crippen LogP contribution in [0.1, 0.15) is 43.8 Å². The maximum Gasteiger partial charge on any atom is 0.0706 e. The van der Waals surface area contributed by atoms with Crippen molar-refractivity contribution < 1.29 is 0 Å². The summed E-state index contributed by atoms with van der Waals surface area (Å²) >= 11 is 0. The Balaban J connectivity index is 1.69. The van der Waals surface area contributed by atoms with Gasteiger partial charge in [0.15, 0.2) is 0 Å². The van der Waals surface area contributed by atoms with Crippen LogP contribution in [0.4, 0.5) is 0 Å². The molecule has 0 spiro atoms. The molecular weight excluding hydrogens is 282 g/mol. The minimum Gasteiger partial charge on any atom is -0.314 e. The van der Waals surface area contributed by atoms with Gasteiger partial charge in [-0.05, 0) is 30.9 Å². The molecule has 1 saturated carbocycles. The third kappa shape index (κ3) is 3.26. The highest BCUT2D eigenvalue weighted by Crippen LogP contribution is 2.38. The molecule has 1 atom stereocenters. The van der Waals surface area contributed by atoms with E-state index >= 15 is 0 Å². The third-order valence-corrected chi connectivity index (χ3v) is 5.56. The first-order chi connectivity index (χ1) is 11.4. The van der Waals surface area contributed by atoms with Crippen LogP contribution < -0.4 is 5.32 Å². The van der Waals surface area contributed by atoms with Gasteiger partial charge in [-0.15, -0.1) is 0 Å². The van der Waals surface area contributed by atoms with E-state index < -0.39 is 0 Å². The predicted molar refractivity (Wildman–Crippen MR) is 95.5 cm³/mol. The first-order valence-electron chi connectivity index (χ1n) is 9.22. The molecule has 0 amide bonds.